The number of hydrogen-bond donors (Lipinski definition) is 4. The normalized spacial score (nSPS) is 22.6. The predicted octanol–water partition coefficient (Wildman–Crippen LogP) is -0.557. The van der Waals surface area contributed by atoms with Gasteiger partial charge in [-0.05, 0) is 12.8 Å². The third-order valence-electron chi connectivity index (χ3n) is 3.39. The number of nitrogens with one attached hydrogen (secondary N) is 1. The topological polar surface area (TPSA) is 127 Å². The second-order valence-corrected chi connectivity index (χ2v) is 4.93. The first kappa shape index (κ1) is 16.4. The summed E-state index contributed by atoms with van der Waals surface area (Å²) in [4.78, 5) is 33.7. The fourth-order valence-corrected chi connectivity index (χ4v) is 2.64. The molecule has 2 unspecified atom stereocenters. The Kier molecular flexibility index (Phi) is 6.40. The Hall–Kier alpha value is -1.67. The highest BCUT2D eigenvalue weighted by Gasteiger charge is 2.32. The van der Waals surface area contributed by atoms with Crippen molar-refractivity contribution >= 4 is 17.9 Å². The summed E-state index contributed by atoms with van der Waals surface area (Å²) in [5, 5.41) is 29.3. The molecule has 0 aromatic rings. The molecule has 20 heavy (non-hydrogen) atoms. The highest BCUT2D eigenvalue weighted by atomic mass is 16.4. The lowest BCUT2D eigenvalue weighted by Crippen LogP contribution is -2.55. The fourth-order valence-electron chi connectivity index (χ4n) is 2.64. The van der Waals surface area contributed by atoms with E-state index in [1.807, 2.05) is 0 Å². The lowest BCUT2D eigenvalue weighted by molar-refractivity contribution is -0.144. The van der Waals surface area contributed by atoms with Crippen LogP contribution in [0.3, 0.4) is 0 Å². The molecule has 0 bridgehead atoms. The third kappa shape index (κ3) is 5.54. The number of aliphatic carboxylic acids is 3. The summed E-state index contributed by atoms with van der Waals surface area (Å²) in [6.07, 6.45) is 3.18. The van der Waals surface area contributed by atoms with E-state index < -0.39 is 17.9 Å². The van der Waals surface area contributed by atoms with Crippen LogP contribution >= 0.6 is 0 Å². The van der Waals surface area contributed by atoms with E-state index in [2.05, 4.69) is 5.32 Å². The van der Waals surface area contributed by atoms with Crippen LogP contribution in [0.25, 0.3) is 0 Å². The van der Waals surface area contributed by atoms with Gasteiger partial charge in [0, 0.05) is 12.1 Å². The van der Waals surface area contributed by atoms with Crippen LogP contribution in [0.2, 0.25) is 0 Å². The van der Waals surface area contributed by atoms with Crippen LogP contribution in [0.1, 0.15) is 25.7 Å². The molecule has 0 saturated heterocycles. The Morgan fingerprint density at radius 3 is 2.00 bits per heavy atom. The van der Waals surface area contributed by atoms with Gasteiger partial charge in [-0.3, -0.25) is 19.3 Å². The molecule has 8 heteroatoms. The number of nitrogens with zero attached hydrogens (tertiary/aromatic N) is 1. The van der Waals surface area contributed by atoms with Crippen molar-refractivity contribution in [3.05, 3.63) is 0 Å². The molecule has 1 rings (SSSR count). The number of carboxylic acids is 3. The van der Waals surface area contributed by atoms with Crippen molar-refractivity contribution in [1.29, 1.82) is 0 Å². The van der Waals surface area contributed by atoms with Gasteiger partial charge in [0.2, 0.25) is 0 Å². The van der Waals surface area contributed by atoms with E-state index in [0.717, 1.165) is 12.8 Å². The largest absolute Gasteiger partial charge is 0.480 e. The zero-order valence-corrected chi connectivity index (χ0v) is 11.1. The van der Waals surface area contributed by atoms with Gasteiger partial charge in [0.1, 0.15) is 0 Å². The Labute approximate surface area is 116 Å². The zero-order chi connectivity index (χ0) is 15.1. The van der Waals surface area contributed by atoms with E-state index in [1.165, 1.54) is 4.90 Å². The fraction of sp³-hybridized carbons (Fsp3) is 0.750. The second kappa shape index (κ2) is 7.81. The predicted molar refractivity (Wildman–Crippen MR) is 68.5 cm³/mol. The van der Waals surface area contributed by atoms with E-state index in [1.54, 1.807) is 0 Å². The third-order valence-corrected chi connectivity index (χ3v) is 3.39. The first-order chi connectivity index (χ1) is 9.40. The van der Waals surface area contributed by atoms with Gasteiger partial charge in [-0.15, -0.1) is 0 Å². The molecular formula is C12H20N2O6. The Balaban J connectivity index is 2.73. The number of hydrogen-bond acceptors (Lipinski definition) is 5. The summed E-state index contributed by atoms with van der Waals surface area (Å²) in [5.74, 6) is -3.17. The summed E-state index contributed by atoms with van der Waals surface area (Å²) in [7, 11) is 0. The lowest BCUT2D eigenvalue weighted by Gasteiger charge is -2.38. The molecule has 1 aliphatic rings. The van der Waals surface area contributed by atoms with Crippen LogP contribution in [0, 0.1) is 0 Å². The Bertz CT molecular complexity index is 357. The highest BCUT2D eigenvalue weighted by molar-refractivity contribution is 5.72. The van der Waals surface area contributed by atoms with E-state index in [9.17, 15) is 14.4 Å². The molecule has 114 valence electrons. The van der Waals surface area contributed by atoms with Crippen LogP contribution < -0.4 is 5.32 Å². The van der Waals surface area contributed by atoms with Crippen LogP contribution in [0.15, 0.2) is 0 Å². The van der Waals surface area contributed by atoms with Gasteiger partial charge < -0.3 is 20.6 Å². The first-order valence-corrected chi connectivity index (χ1v) is 6.53. The number of carboxylic acid groups (broad SMARTS) is 3. The summed E-state index contributed by atoms with van der Waals surface area (Å²) < 4.78 is 0. The molecule has 0 heterocycles. The van der Waals surface area contributed by atoms with Crippen LogP contribution in [0.5, 0.6) is 0 Å². The van der Waals surface area contributed by atoms with Crippen molar-refractivity contribution < 1.29 is 29.7 Å². The Morgan fingerprint density at radius 2 is 1.50 bits per heavy atom. The summed E-state index contributed by atoms with van der Waals surface area (Å²) >= 11 is 0. The van der Waals surface area contributed by atoms with Crippen LogP contribution in [-0.2, 0) is 14.4 Å². The van der Waals surface area contributed by atoms with Gasteiger partial charge in [0.25, 0.3) is 0 Å². The average Bonchev–Trinajstić information content (AvgIpc) is 2.34. The van der Waals surface area contributed by atoms with Crippen molar-refractivity contribution in [2.45, 2.75) is 37.8 Å². The maximum atomic E-state index is 10.9. The minimum atomic E-state index is -1.09. The molecule has 1 aliphatic carbocycles. The molecule has 0 spiro atoms. The van der Waals surface area contributed by atoms with Gasteiger partial charge in [-0.2, -0.15) is 0 Å². The summed E-state index contributed by atoms with van der Waals surface area (Å²) in [6, 6.07) is -0.464. The van der Waals surface area contributed by atoms with Gasteiger partial charge >= 0.3 is 17.9 Å². The summed E-state index contributed by atoms with van der Waals surface area (Å²) in [5.41, 5.74) is 0. The standard InChI is InChI=1S/C12H20N2O6/c15-10(16)5-13-8-3-1-2-4-9(8)14(6-11(17)18)7-12(19)20/h8-9,13H,1-7H2,(H,15,16)(H,17,18)(H,19,20). The number of carbonyl (C=O) groups is 3. The smallest absolute Gasteiger partial charge is 0.317 e. The van der Waals surface area contributed by atoms with Gasteiger partial charge in [-0.25, -0.2) is 0 Å². The molecule has 0 aliphatic heterocycles. The monoisotopic (exact) mass is 288 g/mol. The van der Waals surface area contributed by atoms with Crippen LogP contribution in [-0.4, -0.2) is 69.8 Å². The molecule has 1 fully saturated rings. The second-order valence-electron chi connectivity index (χ2n) is 4.93. The first-order valence-electron chi connectivity index (χ1n) is 6.53. The van der Waals surface area contributed by atoms with Gasteiger partial charge in [0.05, 0.1) is 19.6 Å². The minimum absolute atomic E-state index is 0.196. The molecule has 8 nitrogen and oxygen atoms in total. The SMILES string of the molecule is O=C(O)CNC1CCCCC1N(CC(=O)O)CC(=O)O. The van der Waals surface area contributed by atoms with Crippen molar-refractivity contribution in [1.82, 2.24) is 10.2 Å². The van der Waals surface area contributed by atoms with Crippen LogP contribution in [0.4, 0.5) is 0 Å². The van der Waals surface area contributed by atoms with Gasteiger partial charge in [-0.1, -0.05) is 12.8 Å². The van der Waals surface area contributed by atoms with Gasteiger partial charge in [0.15, 0.2) is 0 Å². The molecular weight excluding hydrogens is 268 g/mol. The zero-order valence-electron chi connectivity index (χ0n) is 11.1. The lowest BCUT2D eigenvalue weighted by atomic mass is 9.89. The summed E-state index contributed by atoms with van der Waals surface area (Å²) in [6.45, 7) is -0.931. The molecule has 4 N–H and O–H groups in total. The maximum Gasteiger partial charge on any atom is 0.317 e. The number of rotatable bonds is 8. The van der Waals surface area contributed by atoms with Crippen molar-refractivity contribution in [2.75, 3.05) is 19.6 Å². The van der Waals surface area contributed by atoms with Crippen molar-refractivity contribution in [3.8, 4) is 0 Å². The van der Waals surface area contributed by atoms with E-state index in [0.29, 0.717) is 12.8 Å². The molecule has 2 atom stereocenters. The molecule has 1 saturated carbocycles. The average molecular weight is 288 g/mol. The quantitative estimate of drug-likeness (QED) is 0.468. The Morgan fingerprint density at radius 1 is 0.950 bits per heavy atom. The molecule has 0 radical (unpaired) electrons. The highest BCUT2D eigenvalue weighted by Crippen LogP contribution is 2.23. The maximum absolute atomic E-state index is 10.9. The molecule has 0 aromatic heterocycles. The minimum Gasteiger partial charge on any atom is -0.480 e. The van der Waals surface area contributed by atoms with E-state index in [-0.39, 0.29) is 31.7 Å². The van der Waals surface area contributed by atoms with E-state index in [4.69, 9.17) is 15.3 Å². The van der Waals surface area contributed by atoms with Crippen molar-refractivity contribution in [3.63, 3.8) is 0 Å². The van der Waals surface area contributed by atoms with Crippen molar-refractivity contribution in [2.24, 2.45) is 0 Å². The molecule has 0 amide bonds. The van der Waals surface area contributed by atoms with E-state index >= 15 is 0 Å². The molecule has 0 aromatic carbocycles.